The van der Waals surface area contributed by atoms with E-state index in [1.165, 1.54) is 37.9 Å². The highest BCUT2D eigenvalue weighted by molar-refractivity contribution is 4.99. The molecule has 2 fully saturated rings. The highest BCUT2D eigenvalue weighted by Gasteiger charge is 2.36. The zero-order valence-corrected chi connectivity index (χ0v) is 10.6. The van der Waals surface area contributed by atoms with Crippen molar-refractivity contribution in [3.05, 3.63) is 18.0 Å². The van der Waals surface area contributed by atoms with Crippen LogP contribution in [0.5, 0.6) is 0 Å². The molecule has 2 aliphatic heterocycles. The summed E-state index contributed by atoms with van der Waals surface area (Å²) in [6.07, 6.45) is 8.13. The van der Waals surface area contributed by atoms with Crippen LogP contribution in [0.1, 0.15) is 24.8 Å². The average molecular weight is 234 g/mol. The Balaban J connectivity index is 1.45. The Morgan fingerprint density at radius 1 is 1.41 bits per heavy atom. The molecule has 0 aliphatic carbocycles. The van der Waals surface area contributed by atoms with Crippen molar-refractivity contribution in [2.75, 3.05) is 19.6 Å². The van der Waals surface area contributed by atoms with Crippen LogP contribution in [0.2, 0.25) is 0 Å². The van der Waals surface area contributed by atoms with E-state index in [0.29, 0.717) is 6.04 Å². The summed E-state index contributed by atoms with van der Waals surface area (Å²) < 4.78 is 2.03. The van der Waals surface area contributed by atoms with Gasteiger partial charge < -0.3 is 5.32 Å². The van der Waals surface area contributed by atoms with Gasteiger partial charge in [-0.1, -0.05) is 0 Å². The maximum absolute atomic E-state index is 4.31. The number of hydrogen-bond donors (Lipinski definition) is 1. The van der Waals surface area contributed by atoms with Gasteiger partial charge in [-0.15, -0.1) is 0 Å². The second kappa shape index (κ2) is 4.78. The van der Waals surface area contributed by atoms with Gasteiger partial charge in [0.15, 0.2) is 0 Å². The van der Waals surface area contributed by atoms with Crippen LogP contribution in [0.4, 0.5) is 0 Å². The molecule has 0 saturated carbocycles. The van der Waals surface area contributed by atoms with Gasteiger partial charge in [0, 0.05) is 31.4 Å². The first-order chi connectivity index (χ1) is 8.33. The average Bonchev–Trinajstić information content (AvgIpc) is 2.97. The fourth-order valence-electron chi connectivity index (χ4n) is 3.27. The molecule has 1 N–H and O–H groups in total. The molecule has 0 aromatic carbocycles. The lowest BCUT2D eigenvalue weighted by molar-refractivity contribution is 0.297. The maximum atomic E-state index is 4.31. The van der Waals surface area contributed by atoms with Crippen LogP contribution in [0.15, 0.2) is 12.4 Å². The van der Waals surface area contributed by atoms with Crippen molar-refractivity contribution < 1.29 is 0 Å². The third kappa shape index (κ3) is 2.38. The topological polar surface area (TPSA) is 33.1 Å². The first-order valence-electron chi connectivity index (χ1n) is 6.79. The third-order valence-corrected chi connectivity index (χ3v) is 4.12. The zero-order valence-electron chi connectivity index (χ0n) is 10.6. The van der Waals surface area contributed by atoms with Crippen LogP contribution in [0, 0.1) is 6.92 Å². The Kier molecular flexibility index (Phi) is 3.16. The van der Waals surface area contributed by atoms with E-state index in [9.17, 15) is 0 Å². The molecule has 2 unspecified atom stereocenters. The van der Waals surface area contributed by atoms with Crippen LogP contribution < -0.4 is 5.32 Å². The molecule has 2 aliphatic rings. The number of hydrogen-bond acceptors (Lipinski definition) is 3. The molecule has 1 aromatic rings. The van der Waals surface area contributed by atoms with Crippen LogP contribution in [-0.2, 0) is 6.54 Å². The fraction of sp³-hybridized carbons (Fsp3) is 0.769. The van der Waals surface area contributed by atoms with Crippen LogP contribution >= 0.6 is 0 Å². The van der Waals surface area contributed by atoms with E-state index in [0.717, 1.165) is 19.1 Å². The van der Waals surface area contributed by atoms with Crippen molar-refractivity contribution in [1.29, 1.82) is 0 Å². The van der Waals surface area contributed by atoms with Gasteiger partial charge in [0.1, 0.15) is 0 Å². The largest absolute Gasteiger partial charge is 0.311 e. The van der Waals surface area contributed by atoms with Crippen molar-refractivity contribution in [2.24, 2.45) is 0 Å². The summed E-state index contributed by atoms with van der Waals surface area (Å²) in [4.78, 5) is 2.65. The van der Waals surface area contributed by atoms with Crippen molar-refractivity contribution >= 4 is 0 Å². The summed E-state index contributed by atoms with van der Waals surface area (Å²) in [5.74, 6) is 0. The van der Waals surface area contributed by atoms with E-state index < -0.39 is 0 Å². The summed E-state index contributed by atoms with van der Waals surface area (Å²) in [6.45, 7) is 6.72. The minimum Gasteiger partial charge on any atom is -0.311 e. The van der Waals surface area contributed by atoms with Gasteiger partial charge >= 0.3 is 0 Å². The van der Waals surface area contributed by atoms with E-state index in [1.54, 1.807) is 0 Å². The summed E-state index contributed by atoms with van der Waals surface area (Å²) in [6, 6.07) is 1.53. The van der Waals surface area contributed by atoms with Crippen molar-refractivity contribution in [1.82, 2.24) is 20.0 Å². The monoisotopic (exact) mass is 234 g/mol. The quantitative estimate of drug-likeness (QED) is 0.844. The smallest absolute Gasteiger partial charge is 0.0534 e. The van der Waals surface area contributed by atoms with Gasteiger partial charge in [-0.2, -0.15) is 5.10 Å². The molecule has 0 spiro atoms. The summed E-state index contributed by atoms with van der Waals surface area (Å²) in [5.41, 5.74) is 1.24. The van der Waals surface area contributed by atoms with E-state index in [1.807, 2.05) is 10.9 Å². The number of aromatic nitrogens is 2. The van der Waals surface area contributed by atoms with Gasteiger partial charge in [-0.05, 0) is 38.3 Å². The minimum absolute atomic E-state index is 0.717. The zero-order chi connectivity index (χ0) is 11.7. The lowest BCUT2D eigenvalue weighted by Crippen LogP contribution is -2.40. The van der Waals surface area contributed by atoms with Crippen molar-refractivity contribution in [3.8, 4) is 0 Å². The maximum Gasteiger partial charge on any atom is 0.0534 e. The van der Waals surface area contributed by atoms with Gasteiger partial charge in [0.05, 0.1) is 12.7 Å². The first kappa shape index (κ1) is 11.2. The molecule has 0 amide bonds. The Hall–Kier alpha value is -0.870. The molecule has 3 rings (SSSR count). The van der Waals surface area contributed by atoms with E-state index in [4.69, 9.17) is 0 Å². The lowest BCUT2D eigenvalue weighted by atomic mass is 10.1. The number of aryl methyl sites for hydroxylation is 1. The Morgan fingerprint density at radius 2 is 2.35 bits per heavy atom. The third-order valence-electron chi connectivity index (χ3n) is 4.12. The van der Waals surface area contributed by atoms with E-state index >= 15 is 0 Å². The second-order valence-electron chi connectivity index (χ2n) is 5.38. The molecular formula is C13H22N4. The fourth-order valence-corrected chi connectivity index (χ4v) is 3.27. The molecule has 94 valence electrons. The Bertz CT molecular complexity index is 373. The summed E-state index contributed by atoms with van der Waals surface area (Å²) >= 11 is 0. The predicted molar refractivity (Wildman–Crippen MR) is 68.0 cm³/mol. The van der Waals surface area contributed by atoms with Crippen LogP contribution in [-0.4, -0.2) is 46.4 Å². The molecular weight excluding hydrogens is 212 g/mol. The molecule has 4 heteroatoms. The molecule has 2 atom stereocenters. The van der Waals surface area contributed by atoms with Crippen molar-refractivity contribution in [3.63, 3.8) is 0 Å². The van der Waals surface area contributed by atoms with Gasteiger partial charge in [-0.3, -0.25) is 9.58 Å². The van der Waals surface area contributed by atoms with E-state index in [2.05, 4.69) is 28.4 Å². The van der Waals surface area contributed by atoms with Gasteiger partial charge in [0.2, 0.25) is 0 Å². The normalized spacial score (nSPS) is 28.8. The second-order valence-corrected chi connectivity index (χ2v) is 5.38. The number of nitrogens with zero attached hydrogens (tertiary/aromatic N) is 3. The summed E-state index contributed by atoms with van der Waals surface area (Å²) in [5, 5.41) is 8.02. The molecule has 0 bridgehead atoms. The van der Waals surface area contributed by atoms with Gasteiger partial charge in [0.25, 0.3) is 0 Å². The standard InChI is InChI=1S/C13H22N4/c1-11-9-15-17(10-11)8-5-14-12-4-7-16-6-2-3-13(12)16/h9-10,12-14H,2-8H2,1H3. The minimum atomic E-state index is 0.717. The molecule has 2 saturated heterocycles. The van der Waals surface area contributed by atoms with Gasteiger partial charge in [-0.25, -0.2) is 0 Å². The molecule has 3 heterocycles. The SMILES string of the molecule is Cc1cnn(CCNC2CCN3CCCC23)c1. The molecule has 4 nitrogen and oxygen atoms in total. The van der Waals surface area contributed by atoms with Crippen LogP contribution in [0.3, 0.4) is 0 Å². The number of nitrogens with one attached hydrogen (secondary N) is 1. The lowest BCUT2D eigenvalue weighted by Gasteiger charge is -2.21. The Morgan fingerprint density at radius 3 is 3.18 bits per heavy atom. The van der Waals surface area contributed by atoms with Crippen molar-refractivity contribution in [2.45, 2.75) is 44.8 Å². The number of fused-ring (bicyclic) bond motifs is 1. The highest BCUT2D eigenvalue weighted by atomic mass is 15.3. The van der Waals surface area contributed by atoms with E-state index in [-0.39, 0.29) is 0 Å². The highest BCUT2D eigenvalue weighted by Crippen LogP contribution is 2.27. The van der Waals surface area contributed by atoms with Crippen LogP contribution in [0.25, 0.3) is 0 Å². The number of rotatable bonds is 4. The summed E-state index contributed by atoms with van der Waals surface area (Å²) in [7, 11) is 0. The first-order valence-corrected chi connectivity index (χ1v) is 6.79. The molecule has 17 heavy (non-hydrogen) atoms. The Labute approximate surface area is 103 Å². The predicted octanol–water partition coefficient (Wildman–Crippen LogP) is 1.02. The molecule has 1 aromatic heterocycles. The molecule has 0 radical (unpaired) electrons.